The molecule has 0 heterocycles. The lowest BCUT2D eigenvalue weighted by atomic mass is 9.86. The molecule has 0 aliphatic rings. The van der Waals surface area contributed by atoms with Crippen molar-refractivity contribution in [3.05, 3.63) is 65.2 Å². The summed E-state index contributed by atoms with van der Waals surface area (Å²) in [5.41, 5.74) is 2.92. The topological polar surface area (TPSA) is 43.7 Å². The number of hydrogen-bond donors (Lipinski definition) is 2. The van der Waals surface area contributed by atoms with Gasteiger partial charge in [0, 0.05) is 23.6 Å². The Labute approximate surface area is 158 Å². The Morgan fingerprint density at radius 2 is 1.46 bits per heavy atom. The molecule has 0 aromatic heterocycles. The number of hydrogen-bond acceptors (Lipinski definition) is 3. The molecule has 0 aliphatic carbocycles. The van der Waals surface area contributed by atoms with Crippen LogP contribution in [-0.4, -0.2) is 33.7 Å². The molecule has 0 aliphatic heterocycles. The second-order valence-electron chi connectivity index (χ2n) is 7.67. The number of phenols is 1. The van der Waals surface area contributed by atoms with Gasteiger partial charge >= 0.3 is 0 Å². The zero-order valence-electron chi connectivity index (χ0n) is 16.7. The monoisotopic (exact) mass is 355 g/mol. The first-order valence-corrected chi connectivity index (χ1v) is 9.62. The molecule has 26 heavy (non-hydrogen) atoms. The summed E-state index contributed by atoms with van der Waals surface area (Å²) in [6.07, 6.45) is 0.366. The zero-order valence-corrected chi connectivity index (χ0v) is 16.7. The van der Waals surface area contributed by atoms with E-state index in [-0.39, 0.29) is 5.92 Å². The molecular formula is C23H33NO2. The van der Waals surface area contributed by atoms with Crippen LogP contribution in [0.3, 0.4) is 0 Å². The van der Waals surface area contributed by atoms with Gasteiger partial charge in [-0.3, -0.25) is 4.90 Å². The summed E-state index contributed by atoms with van der Waals surface area (Å²) in [5, 5.41) is 20.5. The average Bonchev–Trinajstić information content (AvgIpc) is 2.59. The van der Waals surface area contributed by atoms with Crippen molar-refractivity contribution in [2.24, 2.45) is 0 Å². The first-order chi connectivity index (χ1) is 12.3. The van der Waals surface area contributed by atoms with Crippen molar-refractivity contribution >= 4 is 0 Å². The minimum absolute atomic E-state index is 0.0925. The number of nitrogens with zero attached hydrogens (tertiary/aromatic N) is 1. The SMILES string of the molecule is CC(C)N(CCC(c1ccccc1)c1cc([C@@H](C)O)ccc1O)C(C)C. The molecule has 0 radical (unpaired) electrons. The van der Waals surface area contributed by atoms with E-state index in [2.05, 4.69) is 44.7 Å². The highest BCUT2D eigenvalue weighted by Crippen LogP contribution is 2.36. The Morgan fingerprint density at radius 1 is 0.846 bits per heavy atom. The van der Waals surface area contributed by atoms with Gasteiger partial charge in [-0.05, 0) is 70.8 Å². The molecule has 142 valence electrons. The van der Waals surface area contributed by atoms with Crippen molar-refractivity contribution in [1.29, 1.82) is 0 Å². The van der Waals surface area contributed by atoms with Crippen molar-refractivity contribution in [2.75, 3.05) is 6.54 Å². The van der Waals surface area contributed by atoms with Crippen LogP contribution >= 0.6 is 0 Å². The molecule has 3 heteroatoms. The lowest BCUT2D eigenvalue weighted by molar-refractivity contribution is 0.170. The highest BCUT2D eigenvalue weighted by molar-refractivity contribution is 5.44. The highest BCUT2D eigenvalue weighted by Gasteiger charge is 2.22. The van der Waals surface area contributed by atoms with E-state index >= 15 is 0 Å². The molecule has 0 saturated heterocycles. The van der Waals surface area contributed by atoms with Gasteiger partial charge in [-0.2, -0.15) is 0 Å². The third kappa shape index (κ3) is 5.09. The van der Waals surface area contributed by atoms with Crippen LogP contribution < -0.4 is 0 Å². The summed E-state index contributed by atoms with van der Waals surface area (Å²) in [6, 6.07) is 16.7. The zero-order chi connectivity index (χ0) is 19.3. The van der Waals surface area contributed by atoms with Gasteiger partial charge in [-0.25, -0.2) is 0 Å². The third-order valence-corrected chi connectivity index (χ3v) is 5.11. The van der Waals surface area contributed by atoms with Crippen LogP contribution in [0, 0.1) is 0 Å². The molecule has 0 amide bonds. The maximum absolute atomic E-state index is 10.5. The molecule has 3 nitrogen and oxygen atoms in total. The lowest BCUT2D eigenvalue weighted by Gasteiger charge is -2.32. The normalized spacial score (nSPS) is 14.2. The van der Waals surface area contributed by atoms with Gasteiger partial charge in [0.1, 0.15) is 5.75 Å². The van der Waals surface area contributed by atoms with Gasteiger partial charge in [-0.15, -0.1) is 0 Å². The molecule has 2 aromatic rings. The van der Waals surface area contributed by atoms with Crippen LogP contribution in [0.4, 0.5) is 0 Å². The fourth-order valence-corrected chi connectivity index (χ4v) is 3.69. The second kappa shape index (κ2) is 9.20. The summed E-state index contributed by atoms with van der Waals surface area (Å²) in [7, 11) is 0. The van der Waals surface area contributed by atoms with E-state index in [9.17, 15) is 10.2 Å². The average molecular weight is 356 g/mol. The Kier molecular flexibility index (Phi) is 7.24. The standard InChI is InChI=1S/C23H33NO2/c1-16(2)24(17(3)4)14-13-21(19-9-7-6-8-10-19)22-15-20(18(5)25)11-12-23(22)26/h6-12,15-18,21,25-26H,13-14H2,1-5H3/t18-,21?/m1/s1. The summed E-state index contributed by atoms with van der Waals surface area (Å²) in [6.45, 7) is 11.6. The van der Waals surface area contributed by atoms with Crippen LogP contribution in [0.5, 0.6) is 5.75 Å². The van der Waals surface area contributed by atoms with E-state index in [1.54, 1.807) is 19.1 Å². The van der Waals surface area contributed by atoms with Crippen molar-refractivity contribution < 1.29 is 10.2 Å². The molecule has 0 fully saturated rings. The van der Waals surface area contributed by atoms with Gasteiger partial charge in [0.25, 0.3) is 0 Å². The van der Waals surface area contributed by atoms with Crippen LogP contribution in [0.1, 0.15) is 69.8 Å². The molecule has 0 spiro atoms. The van der Waals surface area contributed by atoms with Crippen LogP contribution in [0.15, 0.2) is 48.5 Å². The first-order valence-electron chi connectivity index (χ1n) is 9.62. The van der Waals surface area contributed by atoms with Gasteiger partial charge in [0.05, 0.1) is 6.10 Å². The molecule has 2 atom stereocenters. The lowest BCUT2D eigenvalue weighted by Crippen LogP contribution is -2.38. The first kappa shape index (κ1) is 20.5. The number of aliphatic hydroxyl groups excluding tert-OH is 1. The highest BCUT2D eigenvalue weighted by atomic mass is 16.3. The second-order valence-corrected chi connectivity index (χ2v) is 7.67. The quantitative estimate of drug-likeness (QED) is 0.693. The number of aromatic hydroxyl groups is 1. The molecule has 0 saturated carbocycles. The number of rotatable bonds is 8. The Balaban J connectivity index is 2.38. The van der Waals surface area contributed by atoms with E-state index in [0.29, 0.717) is 17.8 Å². The number of benzene rings is 2. The van der Waals surface area contributed by atoms with E-state index in [0.717, 1.165) is 24.1 Å². The molecule has 0 bridgehead atoms. The molecule has 2 N–H and O–H groups in total. The van der Waals surface area contributed by atoms with Crippen molar-refractivity contribution in [1.82, 2.24) is 4.90 Å². The van der Waals surface area contributed by atoms with Gasteiger partial charge < -0.3 is 10.2 Å². The fraction of sp³-hybridized carbons (Fsp3) is 0.478. The summed E-state index contributed by atoms with van der Waals surface area (Å²) in [5.74, 6) is 0.388. The molecule has 1 unspecified atom stereocenters. The Morgan fingerprint density at radius 3 is 2.00 bits per heavy atom. The predicted molar refractivity (Wildman–Crippen MR) is 109 cm³/mol. The molecular weight excluding hydrogens is 322 g/mol. The molecule has 2 rings (SSSR count). The van der Waals surface area contributed by atoms with E-state index in [1.165, 1.54) is 5.56 Å². The van der Waals surface area contributed by atoms with E-state index in [4.69, 9.17) is 0 Å². The summed E-state index contributed by atoms with van der Waals surface area (Å²) < 4.78 is 0. The summed E-state index contributed by atoms with van der Waals surface area (Å²) >= 11 is 0. The smallest absolute Gasteiger partial charge is 0.119 e. The van der Waals surface area contributed by atoms with E-state index < -0.39 is 6.10 Å². The minimum atomic E-state index is -0.548. The Hall–Kier alpha value is -1.84. The van der Waals surface area contributed by atoms with Crippen molar-refractivity contribution in [3.63, 3.8) is 0 Å². The molecule has 2 aromatic carbocycles. The summed E-state index contributed by atoms with van der Waals surface area (Å²) in [4.78, 5) is 2.48. The maximum atomic E-state index is 10.5. The number of phenolic OH excluding ortho intramolecular Hbond substituents is 1. The van der Waals surface area contributed by atoms with Crippen molar-refractivity contribution in [2.45, 2.75) is 65.1 Å². The van der Waals surface area contributed by atoms with Gasteiger partial charge in [0.2, 0.25) is 0 Å². The van der Waals surface area contributed by atoms with Crippen molar-refractivity contribution in [3.8, 4) is 5.75 Å². The van der Waals surface area contributed by atoms with Crippen LogP contribution in [0.25, 0.3) is 0 Å². The van der Waals surface area contributed by atoms with Crippen LogP contribution in [0.2, 0.25) is 0 Å². The third-order valence-electron chi connectivity index (χ3n) is 5.11. The van der Waals surface area contributed by atoms with E-state index in [1.807, 2.05) is 24.3 Å². The van der Waals surface area contributed by atoms with Gasteiger partial charge in [0.15, 0.2) is 0 Å². The van der Waals surface area contributed by atoms with Crippen LogP contribution in [-0.2, 0) is 0 Å². The fourth-order valence-electron chi connectivity index (χ4n) is 3.69. The predicted octanol–water partition coefficient (Wildman–Crippen LogP) is 5.09. The largest absolute Gasteiger partial charge is 0.508 e. The maximum Gasteiger partial charge on any atom is 0.119 e. The minimum Gasteiger partial charge on any atom is -0.508 e. The Bertz CT molecular complexity index is 672. The number of aliphatic hydroxyl groups is 1. The van der Waals surface area contributed by atoms with Gasteiger partial charge in [-0.1, -0.05) is 36.4 Å².